The van der Waals surface area contributed by atoms with Gasteiger partial charge < -0.3 is 20.4 Å². The van der Waals surface area contributed by atoms with E-state index >= 15 is 0 Å². The van der Waals surface area contributed by atoms with Crippen LogP contribution in [0.5, 0.6) is 5.75 Å². The van der Waals surface area contributed by atoms with E-state index in [9.17, 15) is 4.79 Å². The maximum absolute atomic E-state index is 12.2. The zero-order chi connectivity index (χ0) is 15.5. The highest BCUT2D eigenvalue weighted by molar-refractivity contribution is 5.94. The largest absolute Gasteiger partial charge is 0.497 e. The van der Waals surface area contributed by atoms with Gasteiger partial charge in [-0.3, -0.25) is 4.79 Å². The van der Waals surface area contributed by atoms with Gasteiger partial charge in [0.2, 0.25) is 5.91 Å². The van der Waals surface area contributed by atoms with Gasteiger partial charge in [0.25, 0.3) is 0 Å². The molecule has 0 unspecified atom stereocenters. The van der Waals surface area contributed by atoms with E-state index in [-0.39, 0.29) is 12.5 Å². The Morgan fingerprint density at radius 1 is 1.32 bits per heavy atom. The number of imidazole rings is 1. The topological polar surface area (TPSA) is 82.2 Å². The maximum atomic E-state index is 12.2. The number of anilines is 2. The van der Waals surface area contributed by atoms with Crippen LogP contribution in [0.2, 0.25) is 0 Å². The van der Waals surface area contributed by atoms with Crippen LogP contribution in [-0.4, -0.2) is 22.6 Å². The van der Waals surface area contributed by atoms with Gasteiger partial charge in [0.15, 0.2) is 0 Å². The molecule has 3 rings (SSSR count). The van der Waals surface area contributed by atoms with Crippen LogP contribution >= 0.6 is 0 Å². The molecule has 0 fully saturated rings. The summed E-state index contributed by atoms with van der Waals surface area (Å²) in [6, 6.07) is 12.8. The van der Waals surface area contributed by atoms with Crippen LogP contribution in [0.1, 0.15) is 0 Å². The molecule has 1 heterocycles. The minimum Gasteiger partial charge on any atom is -0.497 e. The van der Waals surface area contributed by atoms with Crippen molar-refractivity contribution in [1.82, 2.24) is 9.55 Å². The number of ether oxygens (including phenoxy) is 1. The molecule has 0 atom stereocenters. The van der Waals surface area contributed by atoms with Gasteiger partial charge in [0, 0.05) is 6.07 Å². The van der Waals surface area contributed by atoms with Crippen LogP contribution in [0.3, 0.4) is 0 Å². The standard InChI is InChI=1S/C16H16N4O2/c1-22-11-6-7-13(12(17)8-11)19-16(21)9-20-10-18-14-4-2-3-5-15(14)20/h2-8,10H,9,17H2,1H3,(H,19,21). The summed E-state index contributed by atoms with van der Waals surface area (Å²) in [6.07, 6.45) is 1.65. The highest BCUT2D eigenvalue weighted by Gasteiger charge is 2.09. The predicted octanol–water partition coefficient (Wildman–Crippen LogP) is 2.27. The van der Waals surface area contributed by atoms with Gasteiger partial charge >= 0.3 is 0 Å². The normalized spacial score (nSPS) is 10.6. The minimum atomic E-state index is -0.167. The summed E-state index contributed by atoms with van der Waals surface area (Å²) >= 11 is 0. The molecule has 3 N–H and O–H groups in total. The number of amides is 1. The zero-order valence-electron chi connectivity index (χ0n) is 12.1. The second kappa shape index (κ2) is 5.77. The van der Waals surface area contributed by atoms with E-state index in [2.05, 4.69) is 10.3 Å². The fourth-order valence-electron chi connectivity index (χ4n) is 2.26. The van der Waals surface area contributed by atoms with E-state index in [1.807, 2.05) is 24.3 Å². The molecule has 0 bridgehead atoms. The van der Waals surface area contributed by atoms with Gasteiger partial charge in [-0.25, -0.2) is 4.98 Å². The van der Waals surface area contributed by atoms with Crippen molar-refractivity contribution in [2.24, 2.45) is 0 Å². The number of hydrogen-bond donors (Lipinski definition) is 2. The average molecular weight is 296 g/mol. The molecular weight excluding hydrogens is 280 g/mol. The third-order valence-corrected chi connectivity index (χ3v) is 3.37. The molecular formula is C16H16N4O2. The van der Waals surface area contributed by atoms with Crippen molar-refractivity contribution in [3.05, 3.63) is 48.8 Å². The predicted molar refractivity (Wildman–Crippen MR) is 85.8 cm³/mol. The quantitative estimate of drug-likeness (QED) is 0.724. The van der Waals surface area contributed by atoms with E-state index in [1.165, 1.54) is 0 Å². The number of benzene rings is 2. The van der Waals surface area contributed by atoms with Crippen molar-refractivity contribution in [3.8, 4) is 5.75 Å². The number of carbonyl (C=O) groups is 1. The van der Waals surface area contributed by atoms with E-state index in [1.54, 1.807) is 36.2 Å². The number of nitrogen functional groups attached to an aromatic ring is 1. The summed E-state index contributed by atoms with van der Waals surface area (Å²) in [7, 11) is 1.57. The number of methoxy groups -OCH3 is 1. The van der Waals surface area contributed by atoms with Crippen molar-refractivity contribution in [2.75, 3.05) is 18.2 Å². The molecule has 2 aromatic carbocycles. The van der Waals surface area contributed by atoms with Crippen LogP contribution in [0.15, 0.2) is 48.8 Å². The third-order valence-electron chi connectivity index (χ3n) is 3.37. The number of carbonyl (C=O) groups excluding carboxylic acids is 1. The van der Waals surface area contributed by atoms with Gasteiger partial charge in [-0.05, 0) is 24.3 Å². The summed E-state index contributed by atoms with van der Waals surface area (Å²) < 4.78 is 6.88. The first-order valence-corrected chi connectivity index (χ1v) is 6.80. The van der Waals surface area contributed by atoms with Gasteiger partial charge in [-0.1, -0.05) is 12.1 Å². The lowest BCUT2D eigenvalue weighted by Gasteiger charge is -2.10. The first-order valence-electron chi connectivity index (χ1n) is 6.80. The number of nitrogens with two attached hydrogens (primary N) is 1. The molecule has 0 aliphatic rings. The van der Waals surface area contributed by atoms with Crippen molar-refractivity contribution < 1.29 is 9.53 Å². The molecule has 6 nitrogen and oxygen atoms in total. The number of fused-ring (bicyclic) bond motifs is 1. The van der Waals surface area contributed by atoms with Crippen molar-refractivity contribution in [1.29, 1.82) is 0 Å². The Hall–Kier alpha value is -3.02. The van der Waals surface area contributed by atoms with Crippen molar-refractivity contribution in [3.63, 3.8) is 0 Å². The molecule has 1 amide bonds. The lowest BCUT2D eigenvalue weighted by atomic mass is 10.2. The smallest absolute Gasteiger partial charge is 0.244 e. The second-order valence-corrected chi connectivity index (χ2v) is 4.86. The Kier molecular flexibility index (Phi) is 3.65. The Bertz CT molecular complexity index is 826. The first kappa shape index (κ1) is 13.9. The van der Waals surface area contributed by atoms with E-state index in [0.29, 0.717) is 17.1 Å². The van der Waals surface area contributed by atoms with E-state index in [0.717, 1.165) is 11.0 Å². The molecule has 0 saturated heterocycles. The van der Waals surface area contributed by atoms with Crippen LogP contribution in [0, 0.1) is 0 Å². The fourth-order valence-corrected chi connectivity index (χ4v) is 2.26. The number of rotatable bonds is 4. The molecule has 6 heteroatoms. The number of aromatic nitrogens is 2. The van der Waals surface area contributed by atoms with Gasteiger partial charge in [0.05, 0.1) is 35.8 Å². The second-order valence-electron chi connectivity index (χ2n) is 4.86. The number of nitrogens with zero attached hydrogens (tertiary/aromatic N) is 2. The molecule has 0 spiro atoms. The average Bonchev–Trinajstić information content (AvgIpc) is 2.92. The summed E-state index contributed by atoms with van der Waals surface area (Å²) in [5.41, 5.74) is 8.70. The molecule has 22 heavy (non-hydrogen) atoms. The molecule has 0 aliphatic carbocycles. The summed E-state index contributed by atoms with van der Waals surface area (Å²) in [4.78, 5) is 16.4. The van der Waals surface area contributed by atoms with Gasteiger partial charge in [-0.2, -0.15) is 0 Å². The fraction of sp³-hybridized carbons (Fsp3) is 0.125. The first-order chi connectivity index (χ1) is 10.7. The minimum absolute atomic E-state index is 0.167. The lowest BCUT2D eigenvalue weighted by Crippen LogP contribution is -2.19. The van der Waals surface area contributed by atoms with Crippen LogP contribution in [0.4, 0.5) is 11.4 Å². The third kappa shape index (κ3) is 2.71. The lowest BCUT2D eigenvalue weighted by molar-refractivity contribution is -0.116. The Labute approximate surface area is 127 Å². The molecule has 0 aliphatic heterocycles. The molecule has 112 valence electrons. The monoisotopic (exact) mass is 296 g/mol. The zero-order valence-corrected chi connectivity index (χ0v) is 12.1. The van der Waals surface area contributed by atoms with Gasteiger partial charge in [-0.15, -0.1) is 0 Å². The van der Waals surface area contributed by atoms with E-state index < -0.39 is 0 Å². The summed E-state index contributed by atoms with van der Waals surface area (Å²) in [5, 5.41) is 2.80. The number of hydrogen-bond acceptors (Lipinski definition) is 4. The number of nitrogens with one attached hydrogen (secondary N) is 1. The van der Waals surface area contributed by atoms with Crippen LogP contribution in [0.25, 0.3) is 11.0 Å². The van der Waals surface area contributed by atoms with Crippen molar-refractivity contribution >= 4 is 28.3 Å². The Balaban J connectivity index is 1.75. The SMILES string of the molecule is COc1ccc(NC(=O)Cn2cnc3ccccc32)c(N)c1. The number of para-hydroxylation sites is 2. The highest BCUT2D eigenvalue weighted by Crippen LogP contribution is 2.24. The van der Waals surface area contributed by atoms with E-state index in [4.69, 9.17) is 10.5 Å². The highest BCUT2D eigenvalue weighted by atomic mass is 16.5. The molecule has 1 aromatic heterocycles. The Morgan fingerprint density at radius 2 is 2.14 bits per heavy atom. The van der Waals surface area contributed by atoms with Crippen LogP contribution < -0.4 is 15.8 Å². The van der Waals surface area contributed by atoms with Crippen molar-refractivity contribution in [2.45, 2.75) is 6.54 Å². The maximum Gasteiger partial charge on any atom is 0.244 e. The Morgan fingerprint density at radius 3 is 2.91 bits per heavy atom. The summed E-state index contributed by atoms with van der Waals surface area (Å²) in [5.74, 6) is 0.483. The molecule has 0 radical (unpaired) electrons. The molecule has 3 aromatic rings. The van der Waals surface area contributed by atoms with Gasteiger partial charge in [0.1, 0.15) is 12.3 Å². The van der Waals surface area contributed by atoms with Crippen LogP contribution in [-0.2, 0) is 11.3 Å². The summed E-state index contributed by atoms with van der Waals surface area (Å²) in [6.45, 7) is 0.173. The molecule has 0 saturated carbocycles.